The first-order chi connectivity index (χ1) is 11.5. The van der Waals surface area contributed by atoms with Crippen molar-refractivity contribution in [3.63, 3.8) is 0 Å². The Hall–Kier alpha value is -2.21. The fourth-order valence-corrected chi connectivity index (χ4v) is 2.77. The molecule has 1 aromatic heterocycles. The van der Waals surface area contributed by atoms with Crippen LogP contribution in [-0.2, 0) is 13.6 Å². The molecule has 0 unspecified atom stereocenters. The van der Waals surface area contributed by atoms with Gasteiger partial charge in [-0.2, -0.15) is 5.10 Å². The minimum absolute atomic E-state index is 0.138. The molecule has 1 aliphatic rings. The highest BCUT2D eigenvalue weighted by Crippen LogP contribution is 2.33. The summed E-state index contributed by atoms with van der Waals surface area (Å²) < 4.78 is 7.07. The Kier molecular flexibility index (Phi) is 4.66. The van der Waals surface area contributed by atoms with Crippen LogP contribution < -0.4 is 10.1 Å². The van der Waals surface area contributed by atoms with Crippen LogP contribution in [0.3, 0.4) is 0 Å². The number of methoxy groups -OCH3 is 1. The van der Waals surface area contributed by atoms with Gasteiger partial charge in [0.15, 0.2) is 0 Å². The molecule has 0 spiro atoms. The lowest BCUT2D eigenvalue weighted by molar-refractivity contribution is 0.206. The van der Waals surface area contributed by atoms with E-state index in [1.807, 2.05) is 31.1 Å². The Morgan fingerprint density at radius 3 is 2.83 bits per heavy atom. The second-order valence-electron chi connectivity index (χ2n) is 6.11. The molecule has 1 N–H and O–H groups in total. The monoisotopic (exact) mass is 348 g/mol. The lowest BCUT2D eigenvalue weighted by Crippen LogP contribution is -2.36. The fourth-order valence-electron chi connectivity index (χ4n) is 2.62. The predicted octanol–water partition coefficient (Wildman–Crippen LogP) is 3.59. The highest BCUT2D eigenvalue weighted by Gasteiger charge is 2.33. The maximum Gasteiger partial charge on any atom is 0.322 e. The van der Waals surface area contributed by atoms with Crippen molar-refractivity contribution in [3.8, 4) is 5.75 Å². The van der Waals surface area contributed by atoms with E-state index in [-0.39, 0.29) is 12.1 Å². The first-order valence-electron chi connectivity index (χ1n) is 7.87. The summed E-state index contributed by atoms with van der Waals surface area (Å²) in [6.45, 7) is 2.44. The standard InChI is InChI=1S/C17H21ClN4O2/c1-11-6-15(16(24-3)7-14(11)18)20-17(23)22(13-4-5-13)10-12-8-19-21(2)9-12/h6-9,13H,4-5,10H2,1-3H3,(H,20,23). The Balaban J connectivity index is 1.78. The first-order valence-corrected chi connectivity index (χ1v) is 8.25. The Labute approximate surface area is 146 Å². The van der Waals surface area contributed by atoms with Crippen LogP contribution in [-0.4, -0.2) is 33.9 Å². The van der Waals surface area contributed by atoms with Gasteiger partial charge in [0.05, 0.1) is 25.5 Å². The zero-order valence-corrected chi connectivity index (χ0v) is 14.8. The van der Waals surface area contributed by atoms with Crippen LogP contribution >= 0.6 is 11.6 Å². The van der Waals surface area contributed by atoms with Crippen LogP contribution in [0.4, 0.5) is 10.5 Å². The summed E-state index contributed by atoms with van der Waals surface area (Å²) >= 11 is 6.12. The van der Waals surface area contributed by atoms with Gasteiger partial charge in [0.25, 0.3) is 0 Å². The molecule has 2 aromatic rings. The Bertz CT molecular complexity index is 755. The smallest absolute Gasteiger partial charge is 0.322 e. The average Bonchev–Trinajstić information content (AvgIpc) is 3.30. The van der Waals surface area contributed by atoms with Gasteiger partial charge < -0.3 is 15.0 Å². The quantitative estimate of drug-likeness (QED) is 0.898. The van der Waals surface area contributed by atoms with Crippen molar-refractivity contribution >= 4 is 23.3 Å². The number of hydrogen-bond acceptors (Lipinski definition) is 3. The van der Waals surface area contributed by atoms with Gasteiger partial charge in [0, 0.05) is 35.9 Å². The van der Waals surface area contributed by atoms with Crippen LogP contribution in [0.5, 0.6) is 5.75 Å². The number of nitrogens with one attached hydrogen (secondary N) is 1. The molecule has 7 heteroatoms. The summed E-state index contributed by atoms with van der Waals surface area (Å²) in [4.78, 5) is 14.6. The molecular formula is C17H21ClN4O2. The molecule has 0 saturated heterocycles. The minimum atomic E-state index is -0.138. The molecule has 3 rings (SSSR count). The molecular weight excluding hydrogens is 328 g/mol. The zero-order valence-electron chi connectivity index (χ0n) is 14.0. The number of rotatable bonds is 5. The van der Waals surface area contributed by atoms with E-state index in [1.165, 1.54) is 0 Å². The third-order valence-electron chi connectivity index (χ3n) is 4.08. The third-order valence-corrected chi connectivity index (χ3v) is 4.49. The summed E-state index contributed by atoms with van der Waals surface area (Å²) in [7, 11) is 3.43. The number of nitrogens with zero attached hydrogens (tertiary/aromatic N) is 3. The number of carbonyl (C=O) groups excluding carboxylic acids is 1. The largest absolute Gasteiger partial charge is 0.495 e. The predicted molar refractivity (Wildman–Crippen MR) is 93.5 cm³/mol. The van der Waals surface area contributed by atoms with Crippen molar-refractivity contribution in [2.24, 2.45) is 7.05 Å². The molecule has 0 aliphatic heterocycles. The lowest BCUT2D eigenvalue weighted by atomic mass is 10.2. The lowest BCUT2D eigenvalue weighted by Gasteiger charge is -2.23. The van der Waals surface area contributed by atoms with E-state index in [0.717, 1.165) is 24.0 Å². The number of halogens is 1. The molecule has 1 saturated carbocycles. The van der Waals surface area contributed by atoms with E-state index in [4.69, 9.17) is 16.3 Å². The number of carbonyl (C=O) groups is 1. The van der Waals surface area contributed by atoms with Crippen molar-refractivity contribution in [1.82, 2.24) is 14.7 Å². The summed E-state index contributed by atoms with van der Waals surface area (Å²) in [5.74, 6) is 0.552. The summed E-state index contributed by atoms with van der Waals surface area (Å²) in [6, 6.07) is 3.69. The first kappa shape index (κ1) is 16.6. The topological polar surface area (TPSA) is 59.4 Å². The van der Waals surface area contributed by atoms with Gasteiger partial charge in [-0.15, -0.1) is 0 Å². The molecule has 6 nitrogen and oxygen atoms in total. The highest BCUT2D eigenvalue weighted by molar-refractivity contribution is 6.31. The summed E-state index contributed by atoms with van der Waals surface area (Å²) in [5, 5.41) is 7.73. The van der Waals surface area contributed by atoms with Gasteiger partial charge in [-0.3, -0.25) is 4.68 Å². The molecule has 0 radical (unpaired) electrons. The molecule has 0 atom stereocenters. The third kappa shape index (κ3) is 3.64. The Morgan fingerprint density at radius 1 is 1.50 bits per heavy atom. The van der Waals surface area contributed by atoms with Crippen LogP contribution in [0.15, 0.2) is 24.5 Å². The van der Waals surface area contributed by atoms with Gasteiger partial charge in [-0.25, -0.2) is 4.79 Å². The normalized spacial score (nSPS) is 13.7. The van der Waals surface area contributed by atoms with E-state index in [9.17, 15) is 4.79 Å². The van der Waals surface area contributed by atoms with Crippen LogP contribution in [0.2, 0.25) is 5.02 Å². The van der Waals surface area contributed by atoms with Crippen LogP contribution in [0.1, 0.15) is 24.0 Å². The molecule has 1 aliphatic carbocycles. The van der Waals surface area contributed by atoms with Crippen LogP contribution in [0.25, 0.3) is 0 Å². The molecule has 2 amide bonds. The number of amides is 2. The van der Waals surface area contributed by atoms with Gasteiger partial charge in [0.2, 0.25) is 0 Å². The minimum Gasteiger partial charge on any atom is -0.495 e. The number of aromatic nitrogens is 2. The van der Waals surface area contributed by atoms with Crippen molar-refractivity contribution in [1.29, 1.82) is 0 Å². The maximum absolute atomic E-state index is 12.8. The van der Waals surface area contributed by atoms with Crippen molar-refractivity contribution in [3.05, 3.63) is 40.7 Å². The molecule has 128 valence electrons. The fraction of sp³-hybridized carbons (Fsp3) is 0.412. The highest BCUT2D eigenvalue weighted by atomic mass is 35.5. The van der Waals surface area contributed by atoms with Crippen molar-refractivity contribution in [2.75, 3.05) is 12.4 Å². The molecule has 1 fully saturated rings. The number of aryl methyl sites for hydroxylation is 2. The van der Waals surface area contributed by atoms with E-state index < -0.39 is 0 Å². The average molecular weight is 349 g/mol. The SMILES string of the molecule is COc1cc(Cl)c(C)cc1NC(=O)N(Cc1cnn(C)c1)C1CC1. The number of anilines is 1. The van der Waals surface area contributed by atoms with Crippen molar-refractivity contribution in [2.45, 2.75) is 32.4 Å². The van der Waals surface area contributed by atoms with Gasteiger partial charge in [-0.1, -0.05) is 11.6 Å². The van der Waals surface area contributed by atoms with Crippen molar-refractivity contribution < 1.29 is 9.53 Å². The summed E-state index contributed by atoms with van der Waals surface area (Å²) in [6.07, 6.45) is 5.78. The Morgan fingerprint density at radius 2 is 2.25 bits per heavy atom. The number of urea groups is 1. The second-order valence-corrected chi connectivity index (χ2v) is 6.52. The molecule has 24 heavy (non-hydrogen) atoms. The molecule has 1 aromatic carbocycles. The molecule has 0 bridgehead atoms. The van der Waals surface area contributed by atoms with Gasteiger partial charge in [-0.05, 0) is 31.4 Å². The number of hydrogen-bond donors (Lipinski definition) is 1. The van der Waals surface area contributed by atoms with Gasteiger partial charge >= 0.3 is 6.03 Å². The number of ether oxygens (including phenoxy) is 1. The van der Waals surface area contributed by atoms with E-state index in [2.05, 4.69) is 10.4 Å². The van der Waals surface area contributed by atoms with E-state index in [1.54, 1.807) is 24.1 Å². The summed E-state index contributed by atoms with van der Waals surface area (Å²) in [5.41, 5.74) is 2.53. The maximum atomic E-state index is 12.8. The van der Waals surface area contributed by atoms with E-state index in [0.29, 0.717) is 23.0 Å². The van der Waals surface area contributed by atoms with Gasteiger partial charge in [0.1, 0.15) is 5.75 Å². The van der Waals surface area contributed by atoms with Crippen LogP contribution in [0, 0.1) is 6.92 Å². The number of benzene rings is 1. The second kappa shape index (κ2) is 6.73. The molecule has 1 heterocycles. The zero-order chi connectivity index (χ0) is 17.3. The van der Waals surface area contributed by atoms with E-state index >= 15 is 0 Å².